The van der Waals surface area contributed by atoms with Crippen molar-refractivity contribution in [1.82, 2.24) is 4.98 Å². The Balaban J connectivity index is 2.85. The van der Waals surface area contributed by atoms with Crippen LogP contribution < -0.4 is 5.73 Å². The number of hydrogen-bond donors (Lipinski definition) is 1. The van der Waals surface area contributed by atoms with E-state index in [1.54, 1.807) is 0 Å². The predicted molar refractivity (Wildman–Crippen MR) is 68.2 cm³/mol. The van der Waals surface area contributed by atoms with Gasteiger partial charge in [0.1, 0.15) is 0 Å². The molecule has 0 bridgehead atoms. The Hall–Kier alpha value is -0.800. The molecule has 0 spiro atoms. The van der Waals surface area contributed by atoms with Crippen LogP contribution in [0.25, 0.3) is 10.9 Å². The Labute approximate surface area is 102 Å². The molecular weight excluding hydrogens is 275 g/mol. The van der Waals surface area contributed by atoms with Crippen LogP contribution in [0.4, 0.5) is 5.69 Å². The minimum atomic E-state index is 0.626. The highest BCUT2D eigenvalue weighted by molar-refractivity contribution is 9.10. The van der Waals surface area contributed by atoms with Gasteiger partial charge in [0, 0.05) is 21.2 Å². The molecule has 15 heavy (non-hydrogen) atoms. The van der Waals surface area contributed by atoms with E-state index < -0.39 is 0 Å². The normalized spacial score (nSPS) is 10.9. The highest BCUT2D eigenvalue weighted by Crippen LogP contribution is 2.30. The second kappa shape index (κ2) is 3.99. The Morgan fingerprint density at radius 3 is 2.80 bits per heavy atom. The molecule has 0 fully saturated rings. The van der Waals surface area contributed by atoms with E-state index in [0.29, 0.717) is 5.02 Å². The first-order valence-electron chi connectivity index (χ1n) is 4.66. The highest BCUT2D eigenvalue weighted by Gasteiger charge is 2.07. The lowest BCUT2D eigenvalue weighted by atomic mass is 10.1. The number of nitrogen functional groups attached to an aromatic ring is 1. The molecule has 2 N–H and O–H groups in total. The fraction of sp³-hybridized carbons (Fsp3) is 0.182. The molecule has 2 nitrogen and oxygen atoms in total. The second-order valence-corrected chi connectivity index (χ2v) is 4.66. The quantitative estimate of drug-likeness (QED) is 0.865. The van der Waals surface area contributed by atoms with E-state index in [1.165, 1.54) is 0 Å². The lowest BCUT2D eigenvalue weighted by Gasteiger charge is -2.06. The Bertz CT molecular complexity index is 525. The average molecular weight is 286 g/mol. The fourth-order valence-corrected chi connectivity index (χ4v) is 2.37. The molecule has 1 aromatic carbocycles. The lowest BCUT2D eigenvalue weighted by molar-refractivity contribution is 1.06. The number of aromatic nitrogens is 1. The van der Waals surface area contributed by atoms with E-state index in [1.807, 2.05) is 25.1 Å². The summed E-state index contributed by atoms with van der Waals surface area (Å²) in [4.78, 5) is 4.46. The zero-order chi connectivity index (χ0) is 11.0. The van der Waals surface area contributed by atoms with E-state index in [0.717, 1.165) is 33.2 Å². The molecule has 0 amide bonds. The molecule has 0 radical (unpaired) electrons. The summed E-state index contributed by atoms with van der Waals surface area (Å²) in [6, 6.07) is 5.66. The molecule has 4 heteroatoms. The topological polar surface area (TPSA) is 38.9 Å². The second-order valence-electron chi connectivity index (χ2n) is 3.34. The monoisotopic (exact) mass is 284 g/mol. The number of pyridine rings is 1. The number of nitrogens with zero attached hydrogens (tertiary/aromatic N) is 1. The predicted octanol–water partition coefficient (Wildman–Crippen LogP) is 3.80. The number of nitrogens with two attached hydrogens (primary N) is 1. The van der Waals surface area contributed by atoms with E-state index in [9.17, 15) is 0 Å². The lowest BCUT2D eigenvalue weighted by Crippen LogP contribution is -1.95. The summed E-state index contributed by atoms with van der Waals surface area (Å²) in [7, 11) is 0. The average Bonchev–Trinajstić information content (AvgIpc) is 2.19. The Morgan fingerprint density at radius 2 is 2.13 bits per heavy atom. The van der Waals surface area contributed by atoms with Crippen LogP contribution in [0.2, 0.25) is 5.02 Å². The number of rotatable bonds is 1. The van der Waals surface area contributed by atoms with Crippen LogP contribution >= 0.6 is 27.5 Å². The Kier molecular flexibility index (Phi) is 2.85. The largest absolute Gasteiger partial charge is 0.398 e. The van der Waals surface area contributed by atoms with Crippen molar-refractivity contribution in [3.8, 4) is 0 Å². The molecule has 2 rings (SSSR count). The van der Waals surface area contributed by atoms with Crippen LogP contribution in [0.3, 0.4) is 0 Å². The van der Waals surface area contributed by atoms with E-state index in [2.05, 4.69) is 20.9 Å². The molecule has 0 saturated carbocycles. The summed E-state index contributed by atoms with van der Waals surface area (Å²) < 4.78 is 0.915. The van der Waals surface area contributed by atoms with E-state index >= 15 is 0 Å². The van der Waals surface area contributed by atoms with Crippen LogP contribution in [0, 0.1) is 0 Å². The zero-order valence-corrected chi connectivity index (χ0v) is 10.6. The van der Waals surface area contributed by atoms with Crippen molar-refractivity contribution in [1.29, 1.82) is 0 Å². The smallest absolute Gasteiger partial charge is 0.0912 e. The van der Waals surface area contributed by atoms with Crippen molar-refractivity contribution in [2.24, 2.45) is 0 Å². The molecule has 0 aliphatic carbocycles. The summed E-state index contributed by atoms with van der Waals surface area (Å²) in [6.45, 7) is 2.04. The van der Waals surface area contributed by atoms with Gasteiger partial charge < -0.3 is 5.73 Å². The molecule has 0 aliphatic rings. The van der Waals surface area contributed by atoms with Gasteiger partial charge in [0.2, 0.25) is 0 Å². The van der Waals surface area contributed by atoms with Crippen molar-refractivity contribution in [3.63, 3.8) is 0 Å². The highest BCUT2D eigenvalue weighted by atomic mass is 79.9. The molecular formula is C11H10BrClN2. The van der Waals surface area contributed by atoms with Crippen LogP contribution in [0.5, 0.6) is 0 Å². The molecule has 78 valence electrons. The van der Waals surface area contributed by atoms with Gasteiger partial charge in [-0.3, -0.25) is 4.98 Å². The zero-order valence-electron chi connectivity index (χ0n) is 8.22. The standard InChI is InChI=1S/C11H10BrClN2/c1-2-7-5-10(14)8-3-6(12)4-9(13)11(8)15-7/h3-5H,2H2,1H3,(H2,14,15). The van der Waals surface area contributed by atoms with Gasteiger partial charge in [-0.1, -0.05) is 34.5 Å². The summed E-state index contributed by atoms with van der Waals surface area (Å²) in [6.07, 6.45) is 0.854. The number of fused-ring (bicyclic) bond motifs is 1. The first kappa shape index (κ1) is 10.7. The SMILES string of the molecule is CCc1cc(N)c2cc(Br)cc(Cl)c2n1. The Morgan fingerprint density at radius 1 is 1.40 bits per heavy atom. The van der Waals surface area contributed by atoms with Crippen LogP contribution in [-0.4, -0.2) is 4.98 Å². The molecule has 0 atom stereocenters. The molecule has 1 heterocycles. The van der Waals surface area contributed by atoms with Crippen molar-refractivity contribution in [3.05, 3.63) is 33.4 Å². The number of halogens is 2. The van der Waals surface area contributed by atoms with Crippen LogP contribution in [0.15, 0.2) is 22.7 Å². The third kappa shape index (κ3) is 1.94. The van der Waals surface area contributed by atoms with Gasteiger partial charge in [0.25, 0.3) is 0 Å². The first-order chi connectivity index (χ1) is 7.11. The maximum Gasteiger partial charge on any atom is 0.0912 e. The summed E-state index contributed by atoms with van der Waals surface area (Å²) >= 11 is 9.50. The first-order valence-corrected chi connectivity index (χ1v) is 5.83. The number of aryl methyl sites for hydroxylation is 1. The molecule has 1 aromatic heterocycles. The van der Waals surface area contributed by atoms with Crippen LogP contribution in [0.1, 0.15) is 12.6 Å². The summed E-state index contributed by atoms with van der Waals surface area (Å²) in [5, 5.41) is 1.52. The van der Waals surface area contributed by atoms with Crippen molar-refractivity contribution >= 4 is 44.1 Å². The van der Waals surface area contributed by atoms with Gasteiger partial charge >= 0.3 is 0 Å². The maximum atomic E-state index is 6.12. The fourth-order valence-electron chi connectivity index (χ4n) is 1.51. The molecule has 0 unspecified atom stereocenters. The van der Waals surface area contributed by atoms with Gasteiger partial charge in [-0.2, -0.15) is 0 Å². The van der Waals surface area contributed by atoms with Crippen molar-refractivity contribution < 1.29 is 0 Å². The maximum absolute atomic E-state index is 6.12. The third-order valence-corrected chi connectivity index (χ3v) is 3.02. The van der Waals surface area contributed by atoms with Crippen LogP contribution in [-0.2, 0) is 6.42 Å². The van der Waals surface area contributed by atoms with E-state index in [4.69, 9.17) is 17.3 Å². The van der Waals surface area contributed by atoms with Gasteiger partial charge in [0.15, 0.2) is 0 Å². The third-order valence-electron chi connectivity index (χ3n) is 2.28. The number of anilines is 1. The van der Waals surface area contributed by atoms with Gasteiger partial charge in [0.05, 0.1) is 10.5 Å². The molecule has 0 saturated heterocycles. The minimum absolute atomic E-state index is 0.626. The number of hydrogen-bond acceptors (Lipinski definition) is 2. The van der Waals surface area contributed by atoms with Crippen molar-refractivity contribution in [2.75, 3.05) is 5.73 Å². The minimum Gasteiger partial charge on any atom is -0.398 e. The molecule has 2 aromatic rings. The van der Waals surface area contributed by atoms with Crippen molar-refractivity contribution in [2.45, 2.75) is 13.3 Å². The summed E-state index contributed by atoms with van der Waals surface area (Å²) in [5.41, 5.74) is 8.41. The molecule has 0 aliphatic heterocycles. The van der Waals surface area contributed by atoms with E-state index in [-0.39, 0.29) is 0 Å². The van der Waals surface area contributed by atoms with Gasteiger partial charge in [-0.15, -0.1) is 0 Å². The van der Waals surface area contributed by atoms with Gasteiger partial charge in [-0.25, -0.2) is 0 Å². The summed E-state index contributed by atoms with van der Waals surface area (Å²) in [5.74, 6) is 0. The van der Waals surface area contributed by atoms with Gasteiger partial charge in [-0.05, 0) is 24.6 Å². The number of benzene rings is 1.